The van der Waals surface area contributed by atoms with Crippen molar-refractivity contribution in [1.82, 2.24) is 5.32 Å². The first-order valence-corrected chi connectivity index (χ1v) is 7.17. The summed E-state index contributed by atoms with van der Waals surface area (Å²) < 4.78 is 5.76. The van der Waals surface area contributed by atoms with Crippen molar-refractivity contribution in [1.29, 1.82) is 0 Å². The van der Waals surface area contributed by atoms with Crippen molar-refractivity contribution in [3.05, 3.63) is 28.3 Å². The van der Waals surface area contributed by atoms with Crippen LogP contribution in [0.3, 0.4) is 0 Å². The van der Waals surface area contributed by atoms with Gasteiger partial charge in [0.05, 0.1) is 6.61 Å². The maximum atomic E-state index is 6.19. The summed E-state index contributed by atoms with van der Waals surface area (Å²) in [6.07, 6.45) is 1.96. The van der Waals surface area contributed by atoms with Gasteiger partial charge < -0.3 is 10.1 Å². The van der Waals surface area contributed by atoms with E-state index in [1.165, 1.54) is 11.1 Å². The number of likely N-dealkylation sites (N-methyl/N-ethyl adjacent to an activating group) is 1. The Kier molecular flexibility index (Phi) is 4.52. The smallest absolute Gasteiger partial charge is 0.125 e. The summed E-state index contributed by atoms with van der Waals surface area (Å²) in [4.78, 5) is 0. The van der Waals surface area contributed by atoms with Gasteiger partial charge in [-0.3, -0.25) is 0 Å². The molecule has 0 bridgehead atoms. The molecular weight excluding hydrogens is 246 g/mol. The number of fused-ring (bicyclic) bond motifs is 1. The Morgan fingerprint density at radius 3 is 2.83 bits per heavy atom. The SMILES string of the molecule is CCNC(Cc1cc(Cl)cc2c1OCC2)C(C)C. The number of hydrogen-bond acceptors (Lipinski definition) is 2. The first-order valence-electron chi connectivity index (χ1n) is 6.79. The van der Waals surface area contributed by atoms with Crippen LogP contribution in [0.15, 0.2) is 12.1 Å². The standard InChI is InChI=1S/C15H22ClNO/c1-4-17-14(10(2)3)9-12-8-13(16)7-11-5-6-18-15(11)12/h7-8,10,14,17H,4-6,9H2,1-3H3. The molecule has 1 aromatic carbocycles. The van der Waals surface area contributed by atoms with E-state index < -0.39 is 0 Å². The third-order valence-corrected chi connectivity index (χ3v) is 3.75. The van der Waals surface area contributed by atoms with E-state index in [2.05, 4.69) is 32.2 Å². The Hall–Kier alpha value is -0.730. The molecule has 2 nitrogen and oxygen atoms in total. The summed E-state index contributed by atoms with van der Waals surface area (Å²) in [5.74, 6) is 1.67. The molecule has 100 valence electrons. The Morgan fingerprint density at radius 1 is 1.39 bits per heavy atom. The first-order chi connectivity index (χ1) is 8.61. The second kappa shape index (κ2) is 5.94. The van der Waals surface area contributed by atoms with Crippen LogP contribution in [0.1, 0.15) is 31.9 Å². The molecule has 1 aliphatic rings. The molecule has 1 aliphatic heterocycles. The van der Waals surface area contributed by atoms with Crippen molar-refractivity contribution < 1.29 is 4.74 Å². The molecule has 2 rings (SSSR count). The second-order valence-electron chi connectivity index (χ2n) is 5.26. The molecule has 0 spiro atoms. The van der Waals surface area contributed by atoms with Gasteiger partial charge in [-0.05, 0) is 42.1 Å². The third-order valence-electron chi connectivity index (χ3n) is 3.54. The molecule has 0 fully saturated rings. The predicted octanol–water partition coefficient (Wildman–Crippen LogP) is 3.45. The molecule has 0 aliphatic carbocycles. The molecule has 18 heavy (non-hydrogen) atoms. The molecule has 1 unspecified atom stereocenters. The van der Waals surface area contributed by atoms with E-state index in [9.17, 15) is 0 Å². The zero-order valence-electron chi connectivity index (χ0n) is 11.4. The molecule has 1 atom stereocenters. The summed E-state index contributed by atoms with van der Waals surface area (Å²) in [5, 5.41) is 4.37. The summed E-state index contributed by atoms with van der Waals surface area (Å²) in [5.41, 5.74) is 2.51. The van der Waals surface area contributed by atoms with E-state index in [0.717, 1.165) is 36.8 Å². The van der Waals surface area contributed by atoms with Crippen LogP contribution < -0.4 is 10.1 Å². The van der Waals surface area contributed by atoms with Gasteiger partial charge in [-0.2, -0.15) is 0 Å². The number of hydrogen-bond donors (Lipinski definition) is 1. The van der Waals surface area contributed by atoms with Gasteiger partial charge >= 0.3 is 0 Å². The molecule has 1 aromatic rings. The number of ether oxygens (including phenoxy) is 1. The minimum atomic E-state index is 0.474. The van der Waals surface area contributed by atoms with Crippen LogP contribution in [-0.2, 0) is 12.8 Å². The van der Waals surface area contributed by atoms with Gasteiger partial charge in [-0.25, -0.2) is 0 Å². The summed E-state index contributed by atoms with van der Waals surface area (Å²) in [6.45, 7) is 8.43. The van der Waals surface area contributed by atoms with E-state index in [0.29, 0.717) is 12.0 Å². The minimum absolute atomic E-state index is 0.474. The molecule has 0 aromatic heterocycles. The van der Waals surface area contributed by atoms with Crippen LogP contribution in [-0.4, -0.2) is 19.2 Å². The largest absolute Gasteiger partial charge is 0.493 e. The third kappa shape index (κ3) is 2.99. The Labute approximate surface area is 115 Å². The highest BCUT2D eigenvalue weighted by atomic mass is 35.5. The van der Waals surface area contributed by atoms with E-state index >= 15 is 0 Å². The minimum Gasteiger partial charge on any atom is -0.493 e. The zero-order valence-corrected chi connectivity index (χ0v) is 12.2. The van der Waals surface area contributed by atoms with Gasteiger partial charge in [-0.1, -0.05) is 32.4 Å². The normalized spacial score (nSPS) is 15.6. The molecule has 1 heterocycles. The molecule has 3 heteroatoms. The molecule has 0 radical (unpaired) electrons. The summed E-state index contributed by atoms with van der Waals surface area (Å²) in [6, 6.07) is 4.56. The van der Waals surface area contributed by atoms with Crippen molar-refractivity contribution in [2.45, 2.75) is 39.7 Å². The van der Waals surface area contributed by atoms with Crippen molar-refractivity contribution in [3.63, 3.8) is 0 Å². The lowest BCUT2D eigenvalue weighted by molar-refractivity contribution is 0.346. The van der Waals surface area contributed by atoms with Crippen LogP contribution in [0.25, 0.3) is 0 Å². The average Bonchev–Trinajstić information content (AvgIpc) is 2.76. The number of halogens is 1. The van der Waals surface area contributed by atoms with Crippen molar-refractivity contribution in [3.8, 4) is 5.75 Å². The van der Waals surface area contributed by atoms with Gasteiger partial charge in [-0.15, -0.1) is 0 Å². The topological polar surface area (TPSA) is 21.3 Å². The summed E-state index contributed by atoms with van der Waals surface area (Å²) in [7, 11) is 0. The maximum absolute atomic E-state index is 6.19. The van der Waals surface area contributed by atoms with Gasteiger partial charge in [0.2, 0.25) is 0 Å². The van der Waals surface area contributed by atoms with E-state index in [4.69, 9.17) is 16.3 Å². The van der Waals surface area contributed by atoms with Gasteiger partial charge in [0.25, 0.3) is 0 Å². The van der Waals surface area contributed by atoms with Gasteiger partial charge in [0, 0.05) is 17.5 Å². The fraction of sp³-hybridized carbons (Fsp3) is 0.600. The van der Waals surface area contributed by atoms with Crippen molar-refractivity contribution in [2.24, 2.45) is 5.92 Å². The Bertz CT molecular complexity index is 417. The van der Waals surface area contributed by atoms with Crippen molar-refractivity contribution >= 4 is 11.6 Å². The van der Waals surface area contributed by atoms with Crippen molar-refractivity contribution in [2.75, 3.05) is 13.2 Å². The number of benzene rings is 1. The number of nitrogens with one attached hydrogen (secondary N) is 1. The Balaban J connectivity index is 2.22. The van der Waals surface area contributed by atoms with Gasteiger partial charge in [0.1, 0.15) is 5.75 Å². The highest BCUT2D eigenvalue weighted by molar-refractivity contribution is 6.30. The monoisotopic (exact) mass is 267 g/mol. The predicted molar refractivity (Wildman–Crippen MR) is 76.7 cm³/mol. The number of rotatable bonds is 5. The zero-order chi connectivity index (χ0) is 13.1. The fourth-order valence-corrected chi connectivity index (χ4v) is 2.80. The maximum Gasteiger partial charge on any atom is 0.125 e. The first kappa shape index (κ1) is 13.7. The highest BCUT2D eigenvalue weighted by Crippen LogP contribution is 2.34. The van der Waals surface area contributed by atoms with E-state index in [-0.39, 0.29) is 0 Å². The second-order valence-corrected chi connectivity index (χ2v) is 5.70. The van der Waals surface area contributed by atoms with E-state index in [1.54, 1.807) is 0 Å². The van der Waals surface area contributed by atoms with Crippen LogP contribution in [0.4, 0.5) is 0 Å². The van der Waals surface area contributed by atoms with Crippen LogP contribution >= 0.6 is 11.6 Å². The summed E-state index contributed by atoms with van der Waals surface area (Å²) >= 11 is 6.19. The van der Waals surface area contributed by atoms with E-state index in [1.807, 2.05) is 6.07 Å². The molecular formula is C15H22ClNO. The molecule has 0 saturated carbocycles. The fourth-order valence-electron chi connectivity index (χ4n) is 2.54. The quantitative estimate of drug-likeness (QED) is 0.882. The lowest BCUT2D eigenvalue weighted by Crippen LogP contribution is -2.35. The van der Waals surface area contributed by atoms with Crippen LogP contribution in [0.2, 0.25) is 5.02 Å². The van der Waals surface area contributed by atoms with Crippen LogP contribution in [0.5, 0.6) is 5.75 Å². The highest BCUT2D eigenvalue weighted by Gasteiger charge is 2.21. The molecule has 1 N–H and O–H groups in total. The lowest BCUT2D eigenvalue weighted by atomic mass is 9.94. The van der Waals surface area contributed by atoms with Gasteiger partial charge in [0.15, 0.2) is 0 Å². The molecule has 0 saturated heterocycles. The molecule has 0 amide bonds. The van der Waals surface area contributed by atoms with Crippen LogP contribution in [0, 0.1) is 5.92 Å². The Morgan fingerprint density at radius 2 is 2.17 bits per heavy atom. The lowest BCUT2D eigenvalue weighted by Gasteiger charge is -2.23. The average molecular weight is 268 g/mol.